The quantitative estimate of drug-likeness (QED) is 0.877. The molecule has 0 aliphatic carbocycles. The van der Waals surface area contributed by atoms with Gasteiger partial charge in [0.05, 0.1) is 11.0 Å². The van der Waals surface area contributed by atoms with Crippen molar-refractivity contribution in [3.8, 4) is 5.88 Å². The van der Waals surface area contributed by atoms with Crippen molar-refractivity contribution in [2.75, 3.05) is 18.8 Å². The van der Waals surface area contributed by atoms with Crippen molar-refractivity contribution in [3.63, 3.8) is 0 Å². The SMILES string of the molecule is Cl.Nc1nc2ccccc2nc1O[C@H]1CCCNC1. The first-order valence-corrected chi connectivity index (χ1v) is 6.22. The standard InChI is InChI=1S/C13H16N4O.ClH/c14-12-13(18-9-4-3-7-15-8-9)17-11-6-2-1-5-10(11)16-12;/h1-2,5-6,9,15H,3-4,7-8H2,(H2,14,16);1H/t9-;/m0./s1. The largest absolute Gasteiger partial charge is 0.470 e. The van der Waals surface area contributed by atoms with Crippen LogP contribution in [0.3, 0.4) is 0 Å². The van der Waals surface area contributed by atoms with E-state index in [0.29, 0.717) is 11.7 Å². The molecule has 1 aliphatic rings. The highest BCUT2D eigenvalue weighted by Gasteiger charge is 2.17. The molecule has 1 saturated heterocycles. The van der Waals surface area contributed by atoms with Gasteiger partial charge in [0.25, 0.3) is 5.88 Å². The van der Waals surface area contributed by atoms with Gasteiger partial charge in [-0.05, 0) is 31.5 Å². The Morgan fingerprint density at radius 1 is 1.21 bits per heavy atom. The maximum atomic E-state index is 5.88. The molecule has 0 saturated carbocycles. The zero-order chi connectivity index (χ0) is 12.4. The van der Waals surface area contributed by atoms with Gasteiger partial charge in [-0.1, -0.05) is 12.1 Å². The van der Waals surface area contributed by atoms with Crippen LogP contribution in [0.25, 0.3) is 11.0 Å². The second kappa shape index (κ2) is 6.04. The number of halogens is 1. The van der Waals surface area contributed by atoms with E-state index in [4.69, 9.17) is 10.5 Å². The molecule has 2 heterocycles. The molecule has 0 unspecified atom stereocenters. The Kier molecular flexibility index (Phi) is 4.39. The van der Waals surface area contributed by atoms with E-state index in [1.54, 1.807) is 0 Å². The summed E-state index contributed by atoms with van der Waals surface area (Å²) in [5.41, 5.74) is 7.49. The number of ether oxygens (including phenoxy) is 1. The molecule has 2 aromatic rings. The lowest BCUT2D eigenvalue weighted by molar-refractivity contribution is 0.161. The van der Waals surface area contributed by atoms with Crippen molar-refractivity contribution in [1.82, 2.24) is 15.3 Å². The predicted molar refractivity (Wildman–Crippen MR) is 77.7 cm³/mol. The molecule has 5 nitrogen and oxygen atoms in total. The summed E-state index contributed by atoms with van der Waals surface area (Å²) in [6.07, 6.45) is 2.28. The molecular formula is C13H17ClN4O. The fourth-order valence-corrected chi connectivity index (χ4v) is 2.16. The van der Waals surface area contributed by atoms with E-state index in [2.05, 4.69) is 15.3 Å². The van der Waals surface area contributed by atoms with Gasteiger partial charge in [-0.2, -0.15) is 0 Å². The Morgan fingerprint density at radius 2 is 1.95 bits per heavy atom. The van der Waals surface area contributed by atoms with E-state index < -0.39 is 0 Å². The Bertz CT molecular complexity index is 557. The highest BCUT2D eigenvalue weighted by molar-refractivity contribution is 5.85. The number of benzene rings is 1. The van der Waals surface area contributed by atoms with Crippen molar-refractivity contribution in [1.29, 1.82) is 0 Å². The average molecular weight is 281 g/mol. The molecule has 102 valence electrons. The molecule has 6 heteroatoms. The molecule has 0 spiro atoms. The van der Waals surface area contributed by atoms with E-state index >= 15 is 0 Å². The van der Waals surface area contributed by atoms with E-state index in [1.807, 2.05) is 24.3 Å². The second-order valence-electron chi connectivity index (χ2n) is 4.49. The number of nitrogens with two attached hydrogens (primary N) is 1. The lowest BCUT2D eigenvalue weighted by Gasteiger charge is -2.23. The lowest BCUT2D eigenvalue weighted by Crippen LogP contribution is -2.37. The molecule has 19 heavy (non-hydrogen) atoms. The smallest absolute Gasteiger partial charge is 0.258 e. The third-order valence-corrected chi connectivity index (χ3v) is 3.09. The van der Waals surface area contributed by atoms with Gasteiger partial charge in [0.15, 0.2) is 5.82 Å². The molecule has 3 N–H and O–H groups in total. The molecule has 0 amide bonds. The normalized spacial score (nSPS) is 18.8. The third kappa shape index (κ3) is 3.05. The Labute approximate surface area is 118 Å². The first kappa shape index (κ1) is 13.8. The van der Waals surface area contributed by atoms with Crippen LogP contribution in [-0.2, 0) is 0 Å². The van der Waals surface area contributed by atoms with Gasteiger partial charge in [-0.3, -0.25) is 0 Å². The first-order chi connectivity index (χ1) is 8.83. The van der Waals surface area contributed by atoms with Gasteiger partial charge < -0.3 is 15.8 Å². The number of nitrogens with zero attached hydrogens (tertiary/aromatic N) is 2. The molecule has 1 atom stereocenters. The van der Waals surface area contributed by atoms with Crippen LogP contribution in [0.15, 0.2) is 24.3 Å². The molecule has 1 aromatic carbocycles. The summed E-state index contributed by atoms with van der Waals surface area (Å²) >= 11 is 0. The molecule has 0 bridgehead atoms. The van der Waals surface area contributed by atoms with Crippen LogP contribution < -0.4 is 15.8 Å². The van der Waals surface area contributed by atoms with Crippen LogP contribution in [0.1, 0.15) is 12.8 Å². The van der Waals surface area contributed by atoms with E-state index in [-0.39, 0.29) is 18.5 Å². The van der Waals surface area contributed by atoms with Crippen molar-refractivity contribution < 1.29 is 4.74 Å². The topological polar surface area (TPSA) is 73.1 Å². The summed E-state index contributed by atoms with van der Waals surface area (Å²) in [6.45, 7) is 1.90. The zero-order valence-corrected chi connectivity index (χ0v) is 11.3. The highest BCUT2D eigenvalue weighted by atomic mass is 35.5. The molecule has 0 radical (unpaired) electrons. The zero-order valence-electron chi connectivity index (χ0n) is 10.5. The minimum Gasteiger partial charge on any atom is -0.470 e. The molecule has 1 aromatic heterocycles. The number of hydrogen-bond donors (Lipinski definition) is 2. The minimum atomic E-state index is 0. The van der Waals surface area contributed by atoms with Gasteiger partial charge in [-0.25, -0.2) is 9.97 Å². The number of para-hydroxylation sites is 2. The second-order valence-corrected chi connectivity index (χ2v) is 4.49. The van der Waals surface area contributed by atoms with Crippen LogP contribution in [0, 0.1) is 0 Å². The summed E-state index contributed by atoms with van der Waals surface area (Å²) in [5.74, 6) is 0.807. The van der Waals surface area contributed by atoms with Gasteiger partial charge in [0.2, 0.25) is 0 Å². The van der Waals surface area contributed by atoms with Crippen molar-refractivity contribution >= 4 is 29.3 Å². The number of nitrogens with one attached hydrogen (secondary N) is 1. The van der Waals surface area contributed by atoms with Crippen LogP contribution >= 0.6 is 12.4 Å². The molecular weight excluding hydrogens is 264 g/mol. The van der Waals surface area contributed by atoms with Crippen molar-refractivity contribution in [2.45, 2.75) is 18.9 Å². The van der Waals surface area contributed by atoms with Crippen LogP contribution in [0.2, 0.25) is 0 Å². The minimum absolute atomic E-state index is 0. The average Bonchev–Trinajstić information content (AvgIpc) is 2.41. The van der Waals surface area contributed by atoms with Gasteiger partial charge in [0.1, 0.15) is 6.10 Å². The van der Waals surface area contributed by atoms with Gasteiger partial charge >= 0.3 is 0 Å². The fourth-order valence-electron chi connectivity index (χ4n) is 2.16. The van der Waals surface area contributed by atoms with Gasteiger partial charge in [0, 0.05) is 6.54 Å². The van der Waals surface area contributed by atoms with Crippen molar-refractivity contribution in [3.05, 3.63) is 24.3 Å². The number of rotatable bonds is 2. The molecule has 1 aliphatic heterocycles. The lowest BCUT2D eigenvalue weighted by atomic mass is 10.1. The van der Waals surface area contributed by atoms with E-state index in [9.17, 15) is 0 Å². The highest BCUT2D eigenvalue weighted by Crippen LogP contribution is 2.22. The Morgan fingerprint density at radius 3 is 2.63 bits per heavy atom. The summed E-state index contributed by atoms with van der Waals surface area (Å²) in [6, 6.07) is 7.65. The Balaban J connectivity index is 0.00000133. The van der Waals surface area contributed by atoms with Crippen molar-refractivity contribution in [2.24, 2.45) is 0 Å². The number of aromatic nitrogens is 2. The monoisotopic (exact) mass is 280 g/mol. The summed E-state index contributed by atoms with van der Waals surface area (Å²) < 4.78 is 5.83. The number of fused-ring (bicyclic) bond motifs is 1. The van der Waals surface area contributed by atoms with E-state index in [1.165, 1.54) is 0 Å². The summed E-state index contributed by atoms with van der Waals surface area (Å²) in [4.78, 5) is 8.74. The maximum absolute atomic E-state index is 5.88. The molecule has 3 rings (SSSR count). The first-order valence-electron chi connectivity index (χ1n) is 6.22. The van der Waals surface area contributed by atoms with Crippen LogP contribution in [-0.4, -0.2) is 29.2 Å². The number of nitrogen functional groups attached to an aromatic ring is 1. The maximum Gasteiger partial charge on any atom is 0.258 e. The summed E-state index contributed by atoms with van der Waals surface area (Å²) in [7, 11) is 0. The fraction of sp³-hybridized carbons (Fsp3) is 0.385. The number of anilines is 1. The third-order valence-electron chi connectivity index (χ3n) is 3.09. The summed E-state index contributed by atoms with van der Waals surface area (Å²) in [5, 5.41) is 3.30. The molecule has 1 fully saturated rings. The van der Waals surface area contributed by atoms with Gasteiger partial charge in [-0.15, -0.1) is 12.4 Å². The number of hydrogen-bond acceptors (Lipinski definition) is 5. The number of piperidine rings is 1. The van der Waals surface area contributed by atoms with Crippen LogP contribution in [0.5, 0.6) is 5.88 Å². The van der Waals surface area contributed by atoms with Crippen LogP contribution in [0.4, 0.5) is 5.82 Å². The van der Waals surface area contributed by atoms with E-state index in [0.717, 1.165) is 37.0 Å². The predicted octanol–water partition coefficient (Wildman–Crippen LogP) is 1.76. The Hall–Kier alpha value is -1.59.